The summed E-state index contributed by atoms with van der Waals surface area (Å²) in [6.45, 7) is 3.55. The summed E-state index contributed by atoms with van der Waals surface area (Å²) in [4.78, 5) is 22.5. The number of aromatic nitrogens is 2. The average molecular weight is 303 g/mol. The zero-order valence-electron chi connectivity index (χ0n) is 12.3. The molecule has 0 aliphatic heterocycles. The Morgan fingerprint density at radius 2 is 1.95 bits per heavy atom. The molecule has 0 unspecified atom stereocenters. The minimum atomic E-state index is -1.04. The number of carbonyl (C=O) groups excluding carboxylic acids is 1. The molecule has 1 heterocycles. The fraction of sp³-hybridized carbons (Fsp3) is 0.267. The molecule has 2 rings (SSSR count). The van der Waals surface area contributed by atoms with Crippen molar-refractivity contribution in [2.75, 3.05) is 11.9 Å². The lowest BCUT2D eigenvalue weighted by molar-refractivity contribution is -0.139. The SMILES string of the molecule is CC(C)n1ccc(C(=O)Nc2ccc(OCC(=O)O)cc2)n1. The maximum absolute atomic E-state index is 12.1. The number of benzene rings is 1. The Labute approximate surface area is 127 Å². The standard InChI is InChI=1S/C15H17N3O4/c1-10(2)18-8-7-13(17-18)15(21)16-11-3-5-12(6-4-11)22-9-14(19)20/h3-8,10H,9H2,1-2H3,(H,16,21)(H,19,20). The molecule has 0 radical (unpaired) electrons. The molecule has 7 heteroatoms. The smallest absolute Gasteiger partial charge is 0.341 e. The van der Waals surface area contributed by atoms with Gasteiger partial charge in [-0.25, -0.2) is 4.79 Å². The number of aliphatic carboxylic acids is 1. The van der Waals surface area contributed by atoms with Gasteiger partial charge in [-0.2, -0.15) is 5.10 Å². The first-order valence-corrected chi connectivity index (χ1v) is 6.77. The lowest BCUT2D eigenvalue weighted by atomic mass is 10.3. The van der Waals surface area contributed by atoms with Crippen LogP contribution >= 0.6 is 0 Å². The molecule has 1 amide bonds. The number of amides is 1. The molecule has 0 saturated carbocycles. The van der Waals surface area contributed by atoms with E-state index in [9.17, 15) is 9.59 Å². The van der Waals surface area contributed by atoms with Gasteiger partial charge in [-0.15, -0.1) is 0 Å². The van der Waals surface area contributed by atoms with E-state index in [1.165, 1.54) is 0 Å². The van der Waals surface area contributed by atoms with Crippen LogP contribution < -0.4 is 10.1 Å². The predicted molar refractivity (Wildman–Crippen MR) is 80.1 cm³/mol. The van der Waals surface area contributed by atoms with Gasteiger partial charge in [0.2, 0.25) is 0 Å². The molecule has 7 nitrogen and oxygen atoms in total. The molecule has 1 aromatic carbocycles. The molecule has 0 aliphatic carbocycles. The predicted octanol–water partition coefficient (Wildman–Crippen LogP) is 2.18. The van der Waals surface area contributed by atoms with Gasteiger partial charge in [0, 0.05) is 17.9 Å². The van der Waals surface area contributed by atoms with Crippen molar-refractivity contribution in [2.24, 2.45) is 0 Å². The molecular weight excluding hydrogens is 286 g/mol. The van der Waals surface area contributed by atoms with Gasteiger partial charge >= 0.3 is 5.97 Å². The molecule has 2 N–H and O–H groups in total. The number of nitrogens with one attached hydrogen (secondary N) is 1. The van der Waals surface area contributed by atoms with E-state index in [1.807, 2.05) is 13.8 Å². The highest BCUT2D eigenvalue weighted by Gasteiger charge is 2.11. The Kier molecular flexibility index (Phi) is 4.77. The van der Waals surface area contributed by atoms with Crippen molar-refractivity contribution in [2.45, 2.75) is 19.9 Å². The Bertz CT molecular complexity index is 662. The number of carboxylic acids is 1. The first-order chi connectivity index (χ1) is 10.5. The van der Waals surface area contributed by atoms with Gasteiger partial charge in [-0.3, -0.25) is 9.48 Å². The molecule has 1 aromatic heterocycles. The van der Waals surface area contributed by atoms with Crippen LogP contribution in [0.4, 0.5) is 5.69 Å². The van der Waals surface area contributed by atoms with Gasteiger partial charge in [0.05, 0.1) is 0 Å². The number of carbonyl (C=O) groups is 2. The normalized spacial score (nSPS) is 10.5. The molecule has 2 aromatic rings. The van der Waals surface area contributed by atoms with Crippen LogP contribution in [0.25, 0.3) is 0 Å². The van der Waals surface area contributed by atoms with Crippen molar-refractivity contribution in [3.63, 3.8) is 0 Å². The summed E-state index contributed by atoms with van der Waals surface area (Å²) >= 11 is 0. The van der Waals surface area contributed by atoms with Crippen LogP contribution in [-0.2, 0) is 4.79 Å². The van der Waals surface area contributed by atoms with Crippen LogP contribution in [0, 0.1) is 0 Å². The van der Waals surface area contributed by atoms with Crippen molar-refractivity contribution in [1.29, 1.82) is 0 Å². The zero-order chi connectivity index (χ0) is 16.1. The third kappa shape index (κ3) is 4.08. The minimum absolute atomic E-state index is 0.187. The largest absolute Gasteiger partial charge is 0.482 e. The van der Waals surface area contributed by atoms with E-state index in [4.69, 9.17) is 9.84 Å². The molecule has 0 spiro atoms. The summed E-state index contributed by atoms with van der Waals surface area (Å²) < 4.78 is 6.72. The van der Waals surface area contributed by atoms with Crippen molar-refractivity contribution in [3.05, 3.63) is 42.2 Å². The lowest BCUT2D eigenvalue weighted by Crippen LogP contribution is -2.14. The van der Waals surface area contributed by atoms with Crippen LogP contribution in [0.3, 0.4) is 0 Å². The van der Waals surface area contributed by atoms with E-state index in [0.29, 0.717) is 17.1 Å². The first-order valence-electron chi connectivity index (χ1n) is 6.77. The molecule has 0 bridgehead atoms. The van der Waals surface area contributed by atoms with Crippen molar-refractivity contribution in [1.82, 2.24) is 9.78 Å². The number of hydrogen-bond acceptors (Lipinski definition) is 4. The van der Waals surface area contributed by atoms with E-state index in [0.717, 1.165) is 0 Å². The molecule has 22 heavy (non-hydrogen) atoms. The Morgan fingerprint density at radius 3 is 2.50 bits per heavy atom. The van der Waals surface area contributed by atoms with Crippen molar-refractivity contribution in [3.8, 4) is 5.75 Å². The summed E-state index contributed by atoms with van der Waals surface area (Å²) in [5, 5.41) is 15.4. The van der Waals surface area contributed by atoms with Gasteiger partial charge in [-0.1, -0.05) is 0 Å². The van der Waals surface area contributed by atoms with Crippen LogP contribution in [0.15, 0.2) is 36.5 Å². The molecular formula is C15H17N3O4. The van der Waals surface area contributed by atoms with Gasteiger partial charge in [-0.05, 0) is 44.2 Å². The molecule has 0 aliphatic rings. The topological polar surface area (TPSA) is 93.5 Å². The molecule has 0 fully saturated rings. The third-order valence-corrected chi connectivity index (χ3v) is 2.84. The summed E-state index contributed by atoms with van der Waals surface area (Å²) in [6.07, 6.45) is 1.75. The maximum Gasteiger partial charge on any atom is 0.341 e. The van der Waals surface area contributed by atoms with Crippen molar-refractivity contribution >= 4 is 17.6 Å². The Morgan fingerprint density at radius 1 is 1.27 bits per heavy atom. The highest BCUT2D eigenvalue weighted by atomic mass is 16.5. The molecule has 0 saturated heterocycles. The first kappa shape index (κ1) is 15.6. The second-order valence-corrected chi connectivity index (χ2v) is 4.94. The number of ether oxygens (including phenoxy) is 1. The summed E-state index contributed by atoms with van der Waals surface area (Å²) in [5.74, 6) is -0.929. The van der Waals surface area contributed by atoms with Crippen LogP contribution in [0.5, 0.6) is 5.75 Å². The number of rotatable bonds is 6. The fourth-order valence-corrected chi connectivity index (χ4v) is 1.72. The molecule has 0 atom stereocenters. The third-order valence-electron chi connectivity index (χ3n) is 2.84. The Hall–Kier alpha value is -2.83. The van der Waals surface area contributed by atoms with Gasteiger partial charge in [0.15, 0.2) is 12.3 Å². The number of carboxylic acid groups (broad SMARTS) is 1. The van der Waals surface area contributed by atoms with Crippen LogP contribution in [-0.4, -0.2) is 33.4 Å². The number of anilines is 1. The lowest BCUT2D eigenvalue weighted by Gasteiger charge is -2.06. The van der Waals surface area contributed by atoms with Gasteiger partial charge < -0.3 is 15.2 Å². The van der Waals surface area contributed by atoms with E-state index < -0.39 is 12.6 Å². The van der Waals surface area contributed by atoms with E-state index in [1.54, 1.807) is 41.2 Å². The quantitative estimate of drug-likeness (QED) is 0.853. The van der Waals surface area contributed by atoms with Crippen LogP contribution in [0.2, 0.25) is 0 Å². The van der Waals surface area contributed by atoms with Gasteiger partial charge in [0.1, 0.15) is 5.75 Å². The number of nitrogens with zero attached hydrogens (tertiary/aromatic N) is 2. The average Bonchev–Trinajstić information content (AvgIpc) is 2.96. The van der Waals surface area contributed by atoms with Crippen LogP contribution in [0.1, 0.15) is 30.4 Å². The number of hydrogen-bond donors (Lipinski definition) is 2. The van der Waals surface area contributed by atoms with E-state index in [2.05, 4.69) is 10.4 Å². The summed E-state index contributed by atoms with van der Waals surface area (Å²) in [5.41, 5.74) is 0.909. The van der Waals surface area contributed by atoms with E-state index >= 15 is 0 Å². The maximum atomic E-state index is 12.1. The Balaban J connectivity index is 1.97. The monoisotopic (exact) mass is 303 g/mol. The second kappa shape index (κ2) is 6.75. The van der Waals surface area contributed by atoms with Crippen molar-refractivity contribution < 1.29 is 19.4 Å². The fourth-order valence-electron chi connectivity index (χ4n) is 1.72. The van der Waals surface area contributed by atoms with Gasteiger partial charge in [0.25, 0.3) is 5.91 Å². The van der Waals surface area contributed by atoms with E-state index in [-0.39, 0.29) is 11.9 Å². The summed E-state index contributed by atoms with van der Waals surface area (Å²) in [7, 11) is 0. The second-order valence-electron chi connectivity index (χ2n) is 4.94. The highest BCUT2D eigenvalue weighted by molar-refractivity contribution is 6.02. The molecule has 116 valence electrons. The minimum Gasteiger partial charge on any atom is -0.482 e. The zero-order valence-corrected chi connectivity index (χ0v) is 12.3. The summed E-state index contributed by atoms with van der Waals surface area (Å²) in [6, 6.07) is 8.28. The highest BCUT2D eigenvalue weighted by Crippen LogP contribution is 2.16.